The van der Waals surface area contributed by atoms with Crippen molar-refractivity contribution < 1.29 is 18.8 Å². The van der Waals surface area contributed by atoms with Crippen LogP contribution in [0.1, 0.15) is 54.7 Å². The second-order valence-corrected chi connectivity index (χ2v) is 8.95. The van der Waals surface area contributed by atoms with E-state index in [1.54, 1.807) is 0 Å². The first-order chi connectivity index (χ1) is 15.5. The quantitative estimate of drug-likeness (QED) is 0.687. The maximum absolute atomic E-state index is 12.8. The van der Waals surface area contributed by atoms with Gasteiger partial charge in [-0.3, -0.25) is 9.59 Å². The fourth-order valence-electron chi connectivity index (χ4n) is 4.60. The van der Waals surface area contributed by atoms with E-state index < -0.39 is 0 Å². The van der Waals surface area contributed by atoms with E-state index in [1.807, 2.05) is 47.9 Å². The number of aromatic nitrogens is 1. The van der Waals surface area contributed by atoms with Gasteiger partial charge in [0.25, 0.3) is 0 Å². The molecule has 2 aliphatic rings. The lowest BCUT2D eigenvalue weighted by Crippen LogP contribution is -2.46. The van der Waals surface area contributed by atoms with Gasteiger partial charge in [-0.25, -0.2) is 0 Å². The van der Waals surface area contributed by atoms with Gasteiger partial charge in [0.05, 0.1) is 17.7 Å². The molecule has 2 fully saturated rings. The largest absolute Gasteiger partial charge is 0.489 e. The summed E-state index contributed by atoms with van der Waals surface area (Å²) in [5, 5.41) is 3.94. The van der Waals surface area contributed by atoms with E-state index in [1.165, 1.54) is 6.42 Å². The summed E-state index contributed by atoms with van der Waals surface area (Å²) in [5.41, 5.74) is 2.77. The third kappa shape index (κ3) is 5.31. The molecule has 0 N–H and O–H groups in total. The molecule has 3 heterocycles. The Morgan fingerprint density at radius 1 is 1.00 bits per heavy atom. The van der Waals surface area contributed by atoms with E-state index in [4.69, 9.17) is 9.26 Å². The Morgan fingerprint density at radius 3 is 2.31 bits per heavy atom. The molecular formula is C25H33N3O4. The summed E-state index contributed by atoms with van der Waals surface area (Å²) in [6.45, 7) is 7.32. The zero-order valence-electron chi connectivity index (χ0n) is 19.1. The summed E-state index contributed by atoms with van der Waals surface area (Å²) >= 11 is 0. The van der Waals surface area contributed by atoms with Crippen molar-refractivity contribution in [2.24, 2.45) is 5.92 Å². The molecule has 0 aliphatic carbocycles. The van der Waals surface area contributed by atoms with E-state index in [0.29, 0.717) is 32.0 Å². The molecule has 2 amide bonds. The zero-order valence-corrected chi connectivity index (χ0v) is 19.1. The highest BCUT2D eigenvalue weighted by molar-refractivity contribution is 5.81. The summed E-state index contributed by atoms with van der Waals surface area (Å²) in [7, 11) is 0. The molecule has 7 heteroatoms. The minimum absolute atomic E-state index is 0.0753. The average molecular weight is 440 g/mol. The number of benzene rings is 1. The Balaban J connectivity index is 1.23. The maximum atomic E-state index is 12.8. The highest BCUT2D eigenvalue weighted by Crippen LogP contribution is 2.23. The van der Waals surface area contributed by atoms with Gasteiger partial charge in [0.15, 0.2) is 0 Å². The molecule has 0 spiro atoms. The number of amides is 2. The van der Waals surface area contributed by atoms with Crippen molar-refractivity contribution in [3.63, 3.8) is 0 Å². The molecule has 1 aromatic carbocycles. The van der Waals surface area contributed by atoms with Crippen LogP contribution in [0.2, 0.25) is 0 Å². The van der Waals surface area contributed by atoms with E-state index in [9.17, 15) is 9.59 Å². The topological polar surface area (TPSA) is 75.9 Å². The van der Waals surface area contributed by atoms with Crippen molar-refractivity contribution in [1.29, 1.82) is 0 Å². The normalized spacial score (nSPS) is 17.4. The number of piperidine rings is 2. The lowest BCUT2D eigenvalue weighted by Gasteiger charge is -2.35. The van der Waals surface area contributed by atoms with Gasteiger partial charge >= 0.3 is 0 Å². The second-order valence-electron chi connectivity index (χ2n) is 8.95. The maximum Gasteiger partial charge on any atom is 0.226 e. The number of carbonyl (C=O) groups excluding carboxylic acids is 2. The van der Waals surface area contributed by atoms with Crippen molar-refractivity contribution in [2.75, 3.05) is 26.2 Å². The van der Waals surface area contributed by atoms with Gasteiger partial charge in [0, 0.05) is 32.1 Å². The molecule has 0 radical (unpaired) electrons. The van der Waals surface area contributed by atoms with Crippen LogP contribution in [0.5, 0.6) is 5.75 Å². The second kappa shape index (κ2) is 10.2. The SMILES string of the molecule is Cc1noc(C)c1COc1ccc(CC(=O)N2CCC(C(=O)N3CCCCC3)CC2)cc1. The molecule has 2 saturated heterocycles. The van der Waals surface area contributed by atoms with Crippen molar-refractivity contribution in [3.8, 4) is 5.75 Å². The molecule has 1 aromatic heterocycles. The molecule has 0 bridgehead atoms. The number of aryl methyl sites for hydroxylation is 2. The molecule has 0 saturated carbocycles. The van der Waals surface area contributed by atoms with Crippen molar-refractivity contribution >= 4 is 11.8 Å². The smallest absolute Gasteiger partial charge is 0.226 e. The number of hydrogen-bond donors (Lipinski definition) is 0. The van der Waals surface area contributed by atoms with Crippen LogP contribution in [0.4, 0.5) is 0 Å². The molecule has 0 unspecified atom stereocenters. The highest BCUT2D eigenvalue weighted by Gasteiger charge is 2.30. The number of carbonyl (C=O) groups is 2. The van der Waals surface area contributed by atoms with Crippen LogP contribution in [0.3, 0.4) is 0 Å². The van der Waals surface area contributed by atoms with Crippen LogP contribution < -0.4 is 4.74 Å². The van der Waals surface area contributed by atoms with Crippen LogP contribution in [0, 0.1) is 19.8 Å². The fourth-order valence-corrected chi connectivity index (χ4v) is 4.60. The van der Waals surface area contributed by atoms with E-state index in [-0.39, 0.29) is 11.8 Å². The van der Waals surface area contributed by atoms with E-state index in [2.05, 4.69) is 5.16 Å². The molecule has 4 rings (SSSR count). The van der Waals surface area contributed by atoms with Crippen molar-refractivity contribution in [1.82, 2.24) is 15.0 Å². The Hall–Kier alpha value is -2.83. The number of ether oxygens (including phenoxy) is 1. The standard InChI is InChI=1S/C25H33N3O4/c1-18-23(19(2)32-26-18)17-31-22-8-6-20(7-9-22)16-24(29)27-14-10-21(11-15-27)25(30)28-12-4-3-5-13-28/h6-9,21H,3-5,10-17H2,1-2H3. The Labute approximate surface area is 189 Å². The van der Waals surface area contributed by atoms with Gasteiger partial charge in [-0.2, -0.15) is 0 Å². The van der Waals surface area contributed by atoms with Gasteiger partial charge in [0.2, 0.25) is 11.8 Å². The van der Waals surface area contributed by atoms with Crippen LogP contribution in [0.25, 0.3) is 0 Å². The number of nitrogens with zero attached hydrogens (tertiary/aromatic N) is 3. The van der Waals surface area contributed by atoms with Gasteiger partial charge in [0.1, 0.15) is 18.1 Å². The lowest BCUT2D eigenvalue weighted by molar-refractivity contribution is -0.141. The molecule has 32 heavy (non-hydrogen) atoms. The third-order valence-electron chi connectivity index (χ3n) is 6.71. The van der Waals surface area contributed by atoms with Crippen LogP contribution in [-0.4, -0.2) is 52.9 Å². The van der Waals surface area contributed by atoms with Crippen molar-refractivity contribution in [2.45, 2.75) is 59.0 Å². The number of likely N-dealkylation sites (tertiary alicyclic amines) is 2. The Kier molecular flexibility index (Phi) is 7.12. The highest BCUT2D eigenvalue weighted by atomic mass is 16.5. The summed E-state index contributed by atoms with van der Waals surface area (Å²) in [4.78, 5) is 29.4. The monoisotopic (exact) mass is 439 g/mol. The van der Waals surface area contributed by atoms with Gasteiger partial charge in [-0.15, -0.1) is 0 Å². The fraction of sp³-hybridized carbons (Fsp3) is 0.560. The van der Waals surface area contributed by atoms with Gasteiger partial charge in [-0.1, -0.05) is 17.3 Å². The van der Waals surface area contributed by atoms with Gasteiger partial charge < -0.3 is 19.1 Å². The minimum Gasteiger partial charge on any atom is -0.489 e. The van der Waals surface area contributed by atoms with Crippen LogP contribution >= 0.6 is 0 Å². The summed E-state index contributed by atoms with van der Waals surface area (Å²) < 4.78 is 11.0. The number of hydrogen-bond acceptors (Lipinski definition) is 5. The molecule has 2 aromatic rings. The zero-order chi connectivity index (χ0) is 22.5. The molecule has 172 valence electrons. The summed E-state index contributed by atoms with van der Waals surface area (Å²) in [6, 6.07) is 7.66. The summed E-state index contributed by atoms with van der Waals surface area (Å²) in [5.74, 6) is 2.01. The molecule has 2 aliphatic heterocycles. The van der Waals surface area contributed by atoms with Crippen LogP contribution in [-0.2, 0) is 22.6 Å². The Bertz CT molecular complexity index is 904. The first-order valence-corrected chi connectivity index (χ1v) is 11.7. The third-order valence-corrected chi connectivity index (χ3v) is 6.71. The molecule has 7 nitrogen and oxygen atoms in total. The van der Waals surface area contributed by atoms with Crippen LogP contribution in [0.15, 0.2) is 28.8 Å². The van der Waals surface area contributed by atoms with E-state index >= 15 is 0 Å². The minimum atomic E-state index is 0.0753. The average Bonchev–Trinajstić information content (AvgIpc) is 3.16. The predicted molar refractivity (Wildman–Crippen MR) is 120 cm³/mol. The lowest BCUT2D eigenvalue weighted by atomic mass is 9.94. The van der Waals surface area contributed by atoms with Crippen molar-refractivity contribution in [3.05, 3.63) is 46.8 Å². The Morgan fingerprint density at radius 2 is 1.69 bits per heavy atom. The molecular weight excluding hydrogens is 406 g/mol. The van der Waals surface area contributed by atoms with Gasteiger partial charge in [-0.05, 0) is 63.6 Å². The van der Waals surface area contributed by atoms with E-state index in [0.717, 1.165) is 67.1 Å². The predicted octanol–water partition coefficient (Wildman–Crippen LogP) is 3.66. The first kappa shape index (κ1) is 22.4. The summed E-state index contributed by atoms with van der Waals surface area (Å²) in [6.07, 6.45) is 5.38. The first-order valence-electron chi connectivity index (χ1n) is 11.7. The molecule has 0 atom stereocenters. The number of rotatable bonds is 6.